The van der Waals surface area contributed by atoms with E-state index in [0.717, 1.165) is 6.42 Å². The van der Waals surface area contributed by atoms with Crippen LogP contribution in [0.5, 0.6) is 0 Å². The number of benzene rings is 7. The van der Waals surface area contributed by atoms with Gasteiger partial charge in [-0.05, 0) is 83.0 Å². The zero-order valence-electron chi connectivity index (χ0n) is 27.6. The van der Waals surface area contributed by atoms with Gasteiger partial charge in [0.15, 0.2) is 0 Å². The minimum Gasteiger partial charge on any atom is -0.310 e. The molecule has 3 heterocycles. The molecule has 50 heavy (non-hydrogen) atoms. The van der Waals surface area contributed by atoms with Crippen molar-refractivity contribution < 1.29 is 0 Å². The number of fused-ring (bicyclic) bond motifs is 12. The molecular weight excluding hydrogens is 625 g/mol. The molecule has 0 fully saturated rings. The average molecular weight is 657 g/mol. The second-order valence-corrected chi connectivity index (χ2v) is 14.9. The summed E-state index contributed by atoms with van der Waals surface area (Å²) >= 11 is 1.91. The molecule has 0 bridgehead atoms. The van der Waals surface area contributed by atoms with Crippen molar-refractivity contribution in [2.45, 2.75) is 13.3 Å². The Labute approximate surface area is 293 Å². The molecule has 11 rings (SSSR count). The number of allylic oxidation sites excluding steroid dienone is 1. The van der Waals surface area contributed by atoms with Gasteiger partial charge in [-0.1, -0.05) is 116 Å². The molecule has 1 aliphatic carbocycles. The highest BCUT2D eigenvalue weighted by Gasteiger charge is 2.23. The van der Waals surface area contributed by atoms with Gasteiger partial charge in [0.1, 0.15) is 0 Å². The van der Waals surface area contributed by atoms with Crippen molar-refractivity contribution in [1.82, 2.24) is 9.13 Å². The average Bonchev–Trinajstić information content (AvgIpc) is 3.82. The molecule has 0 aliphatic heterocycles. The van der Waals surface area contributed by atoms with Crippen molar-refractivity contribution in [3.8, 4) is 22.5 Å². The van der Waals surface area contributed by atoms with E-state index in [4.69, 9.17) is 0 Å². The fraction of sp³-hybridized carbons (Fsp3) is 0.0638. The van der Waals surface area contributed by atoms with E-state index in [9.17, 15) is 0 Å². The van der Waals surface area contributed by atoms with Crippen LogP contribution < -0.4 is 0 Å². The van der Waals surface area contributed by atoms with Gasteiger partial charge in [-0.3, -0.25) is 0 Å². The van der Waals surface area contributed by atoms with Gasteiger partial charge in [0.2, 0.25) is 0 Å². The second-order valence-electron chi connectivity index (χ2n) is 13.8. The van der Waals surface area contributed by atoms with Crippen molar-refractivity contribution in [2.75, 3.05) is 0 Å². The monoisotopic (exact) mass is 656 g/mol. The van der Waals surface area contributed by atoms with Gasteiger partial charge in [0, 0.05) is 58.8 Å². The Morgan fingerprint density at radius 1 is 0.560 bits per heavy atom. The lowest BCUT2D eigenvalue weighted by atomic mass is 9.92. The van der Waals surface area contributed by atoms with Gasteiger partial charge < -0.3 is 9.13 Å². The summed E-state index contributed by atoms with van der Waals surface area (Å²) in [5, 5.41) is 9.18. The number of rotatable bonds is 3. The van der Waals surface area contributed by atoms with Gasteiger partial charge in [0.25, 0.3) is 0 Å². The maximum absolute atomic E-state index is 2.51. The number of hydrogen-bond donors (Lipinski definition) is 0. The highest BCUT2D eigenvalue weighted by molar-refractivity contribution is 7.26. The van der Waals surface area contributed by atoms with Crippen molar-refractivity contribution >= 4 is 81.1 Å². The molecule has 1 unspecified atom stereocenters. The lowest BCUT2D eigenvalue weighted by Gasteiger charge is -2.15. The van der Waals surface area contributed by atoms with Crippen LogP contribution in [-0.4, -0.2) is 9.13 Å². The summed E-state index contributed by atoms with van der Waals surface area (Å²) in [6, 6.07) is 54.0. The molecule has 0 saturated carbocycles. The van der Waals surface area contributed by atoms with Crippen LogP contribution in [0, 0.1) is 5.92 Å². The van der Waals surface area contributed by atoms with Crippen LogP contribution in [0.15, 0.2) is 152 Å². The molecule has 0 radical (unpaired) electrons. The summed E-state index contributed by atoms with van der Waals surface area (Å²) < 4.78 is 7.65. The van der Waals surface area contributed by atoms with Crippen molar-refractivity contribution in [2.24, 2.45) is 5.92 Å². The first-order valence-corrected chi connectivity index (χ1v) is 18.3. The first-order chi connectivity index (χ1) is 24.7. The number of para-hydroxylation sites is 2. The van der Waals surface area contributed by atoms with Gasteiger partial charge in [-0.2, -0.15) is 0 Å². The standard InChI is InChI=1S/C47H32N2S/c1-29-16-25-41-40(26-29)36-22-20-31(27-42(36)48(41)33-10-4-2-5-11-33)32-19-21-35-38-23-17-30-18-24-39-37-14-8-9-15-44(37)50-47(39)45(30)46(38)49(43(35)28-32)34-12-6-3-7-13-34/h2-25,27-29H,26H2,1H3. The third kappa shape index (κ3) is 3.95. The lowest BCUT2D eigenvalue weighted by molar-refractivity contribution is 0.718. The first kappa shape index (κ1) is 28.0. The Bertz CT molecular complexity index is 3010. The van der Waals surface area contributed by atoms with E-state index >= 15 is 0 Å². The third-order valence-corrected chi connectivity index (χ3v) is 12.0. The Balaban J connectivity index is 1.21. The summed E-state index contributed by atoms with van der Waals surface area (Å²) in [5.74, 6) is 0.532. The zero-order valence-corrected chi connectivity index (χ0v) is 28.4. The maximum Gasteiger partial charge on any atom is 0.0633 e. The molecule has 0 saturated heterocycles. The van der Waals surface area contributed by atoms with E-state index in [1.54, 1.807) is 0 Å². The quantitative estimate of drug-likeness (QED) is 0.179. The van der Waals surface area contributed by atoms with Gasteiger partial charge in [-0.15, -0.1) is 11.3 Å². The highest BCUT2D eigenvalue weighted by atomic mass is 32.1. The smallest absolute Gasteiger partial charge is 0.0633 e. The van der Waals surface area contributed by atoms with Crippen LogP contribution in [0.2, 0.25) is 0 Å². The number of thiophene rings is 1. The molecule has 3 heteroatoms. The Hall–Kier alpha value is -5.90. The summed E-state index contributed by atoms with van der Waals surface area (Å²) in [6.07, 6.45) is 5.75. The normalized spacial score (nSPS) is 14.5. The number of nitrogens with zero attached hydrogens (tertiary/aromatic N) is 2. The molecule has 7 aromatic carbocycles. The third-order valence-electron chi connectivity index (χ3n) is 10.8. The predicted octanol–water partition coefficient (Wildman–Crippen LogP) is 13.1. The van der Waals surface area contributed by atoms with Crippen LogP contribution in [0.25, 0.3) is 92.2 Å². The topological polar surface area (TPSA) is 9.86 Å². The largest absolute Gasteiger partial charge is 0.310 e. The number of hydrogen-bond acceptors (Lipinski definition) is 1. The molecule has 2 nitrogen and oxygen atoms in total. The van der Waals surface area contributed by atoms with Crippen LogP contribution >= 0.6 is 11.3 Å². The Morgan fingerprint density at radius 2 is 1.18 bits per heavy atom. The lowest BCUT2D eigenvalue weighted by Crippen LogP contribution is -2.05. The molecule has 0 N–H and O–H groups in total. The molecule has 1 atom stereocenters. The fourth-order valence-corrected chi connectivity index (χ4v) is 9.82. The van der Waals surface area contributed by atoms with E-state index in [1.807, 2.05) is 11.3 Å². The molecule has 0 spiro atoms. The molecular formula is C47H32N2S. The predicted molar refractivity (Wildman–Crippen MR) is 215 cm³/mol. The van der Waals surface area contributed by atoms with E-state index in [1.165, 1.54) is 97.4 Å². The molecule has 10 aromatic rings. The zero-order chi connectivity index (χ0) is 32.9. The minimum atomic E-state index is 0.532. The van der Waals surface area contributed by atoms with Gasteiger partial charge in [-0.25, -0.2) is 0 Å². The van der Waals surface area contributed by atoms with Crippen LogP contribution in [-0.2, 0) is 6.42 Å². The van der Waals surface area contributed by atoms with Crippen molar-refractivity contribution in [3.63, 3.8) is 0 Å². The maximum atomic E-state index is 2.51. The minimum absolute atomic E-state index is 0.532. The summed E-state index contributed by atoms with van der Waals surface area (Å²) in [4.78, 5) is 0. The summed E-state index contributed by atoms with van der Waals surface area (Å²) in [6.45, 7) is 2.32. The van der Waals surface area contributed by atoms with E-state index in [0.29, 0.717) is 5.92 Å². The SMILES string of the molecule is CC1C=Cc2c(c3ccc(-c4ccc5c6ccc7ccc8c9ccccc9sc8c7c6n(-c6ccccc6)c5c4)cc3n2-c2ccccc2)C1. The second kappa shape index (κ2) is 10.5. The summed E-state index contributed by atoms with van der Waals surface area (Å²) in [7, 11) is 0. The molecule has 1 aliphatic rings. The van der Waals surface area contributed by atoms with E-state index in [-0.39, 0.29) is 0 Å². The Kier molecular flexibility index (Phi) is 5.90. The van der Waals surface area contributed by atoms with Crippen LogP contribution in [0.4, 0.5) is 0 Å². The van der Waals surface area contributed by atoms with Crippen LogP contribution in [0.1, 0.15) is 18.2 Å². The molecule has 3 aromatic heterocycles. The number of aromatic nitrogens is 2. The summed E-state index contributed by atoms with van der Waals surface area (Å²) in [5.41, 5.74) is 11.4. The molecule has 236 valence electrons. The Morgan fingerprint density at radius 3 is 1.94 bits per heavy atom. The van der Waals surface area contributed by atoms with Gasteiger partial charge in [0.05, 0.1) is 16.6 Å². The van der Waals surface area contributed by atoms with E-state index < -0.39 is 0 Å². The molecule has 0 amide bonds. The first-order valence-electron chi connectivity index (χ1n) is 17.5. The van der Waals surface area contributed by atoms with Crippen molar-refractivity contribution in [3.05, 3.63) is 163 Å². The van der Waals surface area contributed by atoms with E-state index in [2.05, 4.69) is 174 Å². The van der Waals surface area contributed by atoms with Gasteiger partial charge >= 0.3 is 0 Å². The highest BCUT2D eigenvalue weighted by Crippen LogP contribution is 2.45. The fourth-order valence-electron chi connectivity index (χ4n) is 8.56. The van der Waals surface area contributed by atoms with Crippen molar-refractivity contribution in [1.29, 1.82) is 0 Å². The van der Waals surface area contributed by atoms with Crippen LogP contribution in [0.3, 0.4) is 0 Å².